The molecule has 1 aromatic carbocycles. The molecular weight excluding hydrogens is 260 g/mol. The predicted molar refractivity (Wildman–Crippen MR) is 76.8 cm³/mol. The molecular formula is C15H21F2N3. The largest absolute Gasteiger partial charge is 0.357 e. The van der Waals surface area contributed by atoms with Crippen molar-refractivity contribution in [1.82, 2.24) is 10.6 Å². The van der Waals surface area contributed by atoms with Gasteiger partial charge in [0.05, 0.1) is 0 Å². The van der Waals surface area contributed by atoms with Gasteiger partial charge in [0, 0.05) is 25.7 Å². The number of guanidine groups is 1. The number of hydrogen-bond donors (Lipinski definition) is 2. The number of hydrogen-bond acceptors (Lipinski definition) is 1. The lowest BCUT2D eigenvalue weighted by atomic mass is 10.1. The molecule has 0 aromatic heterocycles. The van der Waals surface area contributed by atoms with E-state index in [1.807, 2.05) is 6.92 Å². The molecule has 0 saturated heterocycles. The topological polar surface area (TPSA) is 36.4 Å². The van der Waals surface area contributed by atoms with E-state index in [1.54, 1.807) is 0 Å². The molecule has 3 nitrogen and oxygen atoms in total. The molecule has 0 atom stereocenters. The molecule has 1 saturated carbocycles. The van der Waals surface area contributed by atoms with Crippen LogP contribution >= 0.6 is 0 Å². The van der Waals surface area contributed by atoms with Gasteiger partial charge in [0.2, 0.25) is 0 Å². The van der Waals surface area contributed by atoms with Gasteiger partial charge in [-0.3, -0.25) is 4.99 Å². The normalized spacial score (nSPS) is 15.2. The molecule has 110 valence electrons. The highest BCUT2D eigenvalue weighted by atomic mass is 19.1. The van der Waals surface area contributed by atoms with Gasteiger partial charge in [-0.05, 0) is 43.7 Å². The molecule has 0 radical (unpaired) electrons. The average Bonchev–Trinajstić information content (AvgIpc) is 3.22. The van der Waals surface area contributed by atoms with Crippen molar-refractivity contribution in [2.75, 3.05) is 19.6 Å². The number of nitrogens with zero attached hydrogens (tertiary/aromatic N) is 1. The summed E-state index contributed by atoms with van der Waals surface area (Å²) in [5.41, 5.74) is 0.511. The van der Waals surface area contributed by atoms with Crippen molar-refractivity contribution in [3.05, 3.63) is 35.4 Å². The van der Waals surface area contributed by atoms with Crippen molar-refractivity contribution >= 4 is 5.96 Å². The van der Waals surface area contributed by atoms with E-state index in [2.05, 4.69) is 15.6 Å². The minimum Gasteiger partial charge on any atom is -0.357 e. The molecule has 1 aliphatic rings. The predicted octanol–water partition coefficient (Wildman–Crippen LogP) is 2.47. The fourth-order valence-corrected chi connectivity index (χ4v) is 1.90. The second kappa shape index (κ2) is 7.22. The molecule has 2 N–H and O–H groups in total. The molecule has 0 bridgehead atoms. The third-order valence-electron chi connectivity index (χ3n) is 3.25. The van der Waals surface area contributed by atoms with E-state index in [0.717, 1.165) is 31.0 Å². The van der Waals surface area contributed by atoms with Gasteiger partial charge in [-0.25, -0.2) is 8.78 Å². The van der Waals surface area contributed by atoms with Crippen LogP contribution in [-0.4, -0.2) is 25.6 Å². The van der Waals surface area contributed by atoms with Crippen molar-refractivity contribution in [3.8, 4) is 0 Å². The summed E-state index contributed by atoms with van der Waals surface area (Å²) in [6.45, 7) is 4.22. The molecule has 1 aliphatic carbocycles. The zero-order valence-corrected chi connectivity index (χ0v) is 11.8. The Hall–Kier alpha value is -1.65. The van der Waals surface area contributed by atoms with E-state index in [0.29, 0.717) is 18.5 Å². The summed E-state index contributed by atoms with van der Waals surface area (Å²) in [6.07, 6.45) is 3.04. The molecule has 0 spiro atoms. The minimum atomic E-state index is -0.543. The van der Waals surface area contributed by atoms with Crippen LogP contribution in [0, 0.1) is 17.6 Å². The Morgan fingerprint density at radius 1 is 1.30 bits per heavy atom. The molecule has 0 unspecified atom stereocenters. The first kappa shape index (κ1) is 14.8. The quantitative estimate of drug-likeness (QED) is 0.621. The van der Waals surface area contributed by atoms with Crippen LogP contribution in [0.15, 0.2) is 23.2 Å². The Morgan fingerprint density at radius 2 is 2.10 bits per heavy atom. The lowest BCUT2D eigenvalue weighted by molar-refractivity contribution is 0.570. The van der Waals surface area contributed by atoms with E-state index in [4.69, 9.17) is 0 Å². The summed E-state index contributed by atoms with van der Waals surface area (Å²) >= 11 is 0. The number of nitrogens with one attached hydrogen (secondary N) is 2. The molecule has 0 heterocycles. The maximum atomic E-state index is 13.5. The molecule has 0 aliphatic heterocycles. The molecule has 1 aromatic rings. The van der Waals surface area contributed by atoms with E-state index in [1.165, 1.54) is 25.0 Å². The van der Waals surface area contributed by atoms with E-state index >= 15 is 0 Å². The molecule has 1 fully saturated rings. The van der Waals surface area contributed by atoms with Gasteiger partial charge in [0.15, 0.2) is 5.96 Å². The second-order valence-corrected chi connectivity index (χ2v) is 5.08. The highest BCUT2D eigenvalue weighted by Gasteiger charge is 2.20. The van der Waals surface area contributed by atoms with Gasteiger partial charge in [-0.2, -0.15) is 0 Å². The summed E-state index contributed by atoms with van der Waals surface area (Å²) in [5, 5.41) is 6.33. The van der Waals surface area contributed by atoms with Crippen molar-refractivity contribution in [1.29, 1.82) is 0 Å². The summed E-state index contributed by atoms with van der Waals surface area (Å²) in [5.74, 6) is 0.465. The van der Waals surface area contributed by atoms with Gasteiger partial charge >= 0.3 is 0 Å². The minimum absolute atomic E-state index is 0.494. The fourth-order valence-electron chi connectivity index (χ4n) is 1.90. The molecule has 5 heteroatoms. The number of rotatable bonds is 6. The van der Waals surface area contributed by atoms with Gasteiger partial charge in [0.25, 0.3) is 0 Å². The van der Waals surface area contributed by atoms with Crippen LogP contribution in [0.4, 0.5) is 8.78 Å². The van der Waals surface area contributed by atoms with Crippen molar-refractivity contribution in [2.45, 2.75) is 26.2 Å². The number of aliphatic imine (C=N–C) groups is 1. The lowest BCUT2D eigenvalue weighted by Crippen LogP contribution is -2.38. The van der Waals surface area contributed by atoms with Gasteiger partial charge < -0.3 is 10.6 Å². The van der Waals surface area contributed by atoms with Gasteiger partial charge in [-0.15, -0.1) is 0 Å². The van der Waals surface area contributed by atoms with Crippen LogP contribution in [-0.2, 0) is 6.42 Å². The monoisotopic (exact) mass is 281 g/mol. The Bertz CT molecular complexity index is 470. The Kier molecular flexibility index (Phi) is 5.32. The van der Waals surface area contributed by atoms with Crippen LogP contribution in [0.3, 0.4) is 0 Å². The Balaban J connectivity index is 1.80. The highest BCUT2D eigenvalue weighted by molar-refractivity contribution is 5.79. The van der Waals surface area contributed by atoms with E-state index in [-0.39, 0.29) is 0 Å². The van der Waals surface area contributed by atoms with E-state index in [9.17, 15) is 8.78 Å². The molecule has 2 rings (SSSR count). The highest BCUT2D eigenvalue weighted by Crippen LogP contribution is 2.28. The van der Waals surface area contributed by atoms with Crippen LogP contribution in [0.5, 0.6) is 0 Å². The summed E-state index contributed by atoms with van der Waals surface area (Å²) < 4.78 is 26.3. The standard InChI is InChI=1S/C15H21F2N3/c1-2-18-15(20-10-11-3-4-11)19-8-7-12-5-6-13(16)9-14(12)17/h5-6,9,11H,2-4,7-8,10H2,1H3,(H2,18,19,20). The third kappa shape index (κ3) is 4.79. The van der Waals surface area contributed by atoms with E-state index < -0.39 is 11.6 Å². The number of benzene rings is 1. The van der Waals surface area contributed by atoms with Gasteiger partial charge in [0.1, 0.15) is 11.6 Å². The smallest absolute Gasteiger partial charge is 0.191 e. The van der Waals surface area contributed by atoms with Crippen molar-refractivity contribution in [2.24, 2.45) is 10.9 Å². The second-order valence-electron chi connectivity index (χ2n) is 5.08. The third-order valence-corrected chi connectivity index (χ3v) is 3.25. The van der Waals surface area contributed by atoms with Crippen molar-refractivity contribution < 1.29 is 8.78 Å². The zero-order chi connectivity index (χ0) is 14.4. The summed E-state index contributed by atoms with van der Waals surface area (Å²) in [4.78, 5) is 4.48. The SMILES string of the molecule is CCNC(=NCC1CC1)NCCc1ccc(F)cc1F. The average molecular weight is 281 g/mol. The molecule has 20 heavy (non-hydrogen) atoms. The van der Waals surface area contributed by atoms with Crippen LogP contribution in [0.1, 0.15) is 25.3 Å². The van der Waals surface area contributed by atoms with Crippen molar-refractivity contribution in [3.63, 3.8) is 0 Å². The fraction of sp³-hybridized carbons (Fsp3) is 0.533. The lowest BCUT2D eigenvalue weighted by Gasteiger charge is -2.11. The maximum Gasteiger partial charge on any atom is 0.191 e. The van der Waals surface area contributed by atoms with Crippen LogP contribution in [0.2, 0.25) is 0 Å². The summed E-state index contributed by atoms with van der Waals surface area (Å²) in [6, 6.07) is 3.69. The zero-order valence-electron chi connectivity index (χ0n) is 11.8. The first-order valence-electron chi connectivity index (χ1n) is 7.15. The first-order chi connectivity index (χ1) is 9.69. The summed E-state index contributed by atoms with van der Waals surface area (Å²) in [7, 11) is 0. The first-order valence-corrected chi connectivity index (χ1v) is 7.15. The van der Waals surface area contributed by atoms with Gasteiger partial charge in [-0.1, -0.05) is 6.07 Å². The number of halogens is 2. The Labute approximate surface area is 118 Å². The Morgan fingerprint density at radius 3 is 2.75 bits per heavy atom. The van der Waals surface area contributed by atoms with Crippen LogP contribution < -0.4 is 10.6 Å². The molecule has 0 amide bonds. The maximum absolute atomic E-state index is 13.5. The van der Waals surface area contributed by atoms with Crippen LogP contribution in [0.25, 0.3) is 0 Å².